The first-order valence-corrected chi connectivity index (χ1v) is 21.7. The van der Waals surface area contributed by atoms with Crippen LogP contribution < -0.4 is 26.0 Å². The largest absolute Gasteiger partial charge is 0.487 e. The third-order valence-electron chi connectivity index (χ3n) is 10.9. The van der Waals surface area contributed by atoms with Crippen LogP contribution in [0.5, 0.6) is 5.75 Å². The Kier molecular flexibility index (Phi) is 15.1. The van der Waals surface area contributed by atoms with Gasteiger partial charge in [0.25, 0.3) is 5.91 Å². The second-order valence-corrected chi connectivity index (χ2v) is 16.4. The number of imide groups is 1. The summed E-state index contributed by atoms with van der Waals surface area (Å²) in [5.41, 5.74) is 1.41. The quantitative estimate of drug-likeness (QED) is 0.0670. The maximum Gasteiger partial charge on any atom is 0.255 e. The number of nitrogens with one attached hydrogen (secondary N) is 4. The highest BCUT2D eigenvalue weighted by Gasteiger charge is 2.43. The summed E-state index contributed by atoms with van der Waals surface area (Å²) in [6, 6.07) is 14.5. The first kappa shape index (κ1) is 44.5. The average Bonchev–Trinajstić information content (AvgIpc) is 3.90. The van der Waals surface area contributed by atoms with Crippen molar-refractivity contribution in [2.75, 3.05) is 56.8 Å². The molecule has 3 aliphatic rings. The van der Waals surface area contributed by atoms with Crippen LogP contribution in [0.3, 0.4) is 0 Å². The van der Waals surface area contributed by atoms with Gasteiger partial charge in [-0.1, -0.05) is 29.8 Å². The monoisotopic (exact) mass is 891 g/mol. The van der Waals surface area contributed by atoms with Crippen molar-refractivity contribution >= 4 is 69.1 Å². The molecular formula is C43H47ClFN7O9S. The van der Waals surface area contributed by atoms with E-state index < -0.39 is 29.1 Å². The standard InChI is InChI=1S/C43H47ClFN7O9S/c44-31-6-3-8-34(38(31)45)61-28-12-14-43(15-13-28,24-27-4-1-9-35(48-27)50-42-47-17-23-62-42)41(57)46-16-18-58-19-20-59-21-22-60-26-37(54)49-32-7-2-5-29-30(32)25-52(40(29)56)33-10-11-36(53)51-39(33)55/h1-9,17,23,28,33H,10-16,18-22,24-26H2,(H,46,57)(H,49,54)(H,47,48,50)(H,51,53,55)/t28-,33?,43-. The predicted molar refractivity (Wildman–Crippen MR) is 227 cm³/mol. The Morgan fingerprint density at radius 3 is 2.48 bits per heavy atom. The predicted octanol–water partition coefficient (Wildman–Crippen LogP) is 5.19. The van der Waals surface area contributed by atoms with Gasteiger partial charge in [-0.25, -0.2) is 14.4 Å². The minimum Gasteiger partial charge on any atom is -0.487 e. The number of pyridine rings is 1. The number of piperidine rings is 1. The van der Waals surface area contributed by atoms with E-state index in [2.05, 4.69) is 26.3 Å². The lowest BCUT2D eigenvalue weighted by molar-refractivity contribution is -0.137. The molecule has 4 N–H and O–H groups in total. The Morgan fingerprint density at radius 2 is 1.71 bits per heavy atom. The molecule has 2 aromatic carbocycles. The van der Waals surface area contributed by atoms with Crippen molar-refractivity contribution in [3.63, 3.8) is 0 Å². The number of hydrogen-bond acceptors (Lipinski definition) is 13. The fraction of sp³-hybridized carbons (Fsp3) is 0.419. The van der Waals surface area contributed by atoms with Crippen LogP contribution in [0.25, 0.3) is 0 Å². The van der Waals surface area contributed by atoms with Crippen molar-refractivity contribution in [3.05, 3.63) is 93.8 Å². The van der Waals surface area contributed by atoms with Crippen LogP contribution in [0, 0.1) is 11.2 Å². The van der Waals surface area contributed by atoms with E-state index in [1.165, 1.54) is 22.3 Å². The van der Waals surface area contributed by atoms with Crippen molar-refractivity contribution in [3.8, 4) is 5.75 Å². The molecule has 1 saturated carbocycles. The molecule has 1 saturated heterocycles. The number of thiazole rings is 1. The van der Waals surface area contributed by atoms with Gasteiger partial charge in [0, 0.05) is 60.0 Å². The fourth-order valence-corrected chi connectivity index (χ4v) is 8.51. The molecule has 1 atom stereocenters. The average molecular weight is 892 g/mol. The molecule has 0 bridgehead atoms. The lowest BCUT2D eigenvalue weighted by Gasteiger charge is -2.39. The third-order valence-corrected chi connectivity index (χ3v) is 11.9. The molecule has 2 fully saturated rings. The van der Waals surface area contributed by atoms with Crippen LogP contribution in [0.4, 0.5) is 21.0 Å². The number of rotatable bonds is 20. The number of carbonyl (C=O) groups is 5. The minimum absolute atomic E-state index is 0.0113. The number of benzene rings is 2. The van der Waals surface area contributed by atoms with E-state index in [9.17, 15) is 28.4 Å². The highest BCUT2D eigenvalue weighted by Crippen LogP contribution is 2.41. The van der Waals surface area contributed by atoms with Crippen molar-refractivity contribution in [1.29, 1.82) is 0 Å². The molecule has 0 radical (unpaired) electrons. The summed E-state index contributed by atoms with van der Waals surface area (Å²) in [5.74, 6) is -1.62. The van der Waals surface area contributed by atoms with Crippen LogP contribution in [0.15, 0.2) is 66.2 Å². The first-order valence-electron chi connectivity index (χ1n) is 20.4. The number of aromatic nitrogens is 2. The molecule has 4 heterocycles. The van der Waals surface area contributed by atoms with Crippen LogP contribution in [-0.4, -0.2) is 103 Å². The van der Waals surface area contributed by atoms with Crippen molar-refractivity contribution in [1.82, 2.24) is 25.5 Å². The molecular weight excluding hydrogens is 845 g/mol. The molecule has 0 spiro atoms. The van der Waals surface area contributed by atoms with Gasteiger partial charge in [-0.05, 0) is 68.5 Å². The summed E-state index contributed by atoms with van der Waals surface area (Å²) >= 11 is 7.43. The number of amides is 5. The van der Waals surface area contributed by atoms with E-state index in [1.54, 1.807) is 36.5 Å². The zero-order chi connectivity index (χ0) is 43.5. The number of anilines is 3. The fourth-order valence-electron chi connectivity index (χ4n) is 7.81. The Hall–Kier alpha value is -5.53. The molecule has 4 aromatic rings. The lowest BCUT2D eigenvalue weighted by atomic mass is 9.69. The topological polar surface area (TPSA) is 199 Å². The van der Waals surface area contributed by atoms with E-state index in [4.69, 9.17) is 35.5 Å². The zero-order valence-corrected chi connectivity index (χ0v) is 35.4. The Bertz CT molecular complexity index is 2240. The zero-order valence-electron chi connectivity index (χ0n) is 33.8. The highest BCUT2D eigenvalue weighted by molar-refractivity contribution is 7.13. The first-order chi connectivity index (χ1) is 30.1. The molecule has 1 aliphatic carbocycles. The molecule has 1 unspecified atom stereocenters. The molecule has 5 amide bonds. The van der Waals surface area contributed by atoms with E-state index in [0.717, 1.165) is 5.69 Å². The molecule has 7 rings (SSSR count). The number of halogens is 2. The Labute approximate surface area is 366 Å². The van der Waals surface area contributed by atoms with Crippen molar-refractivity contribution < 1.29 is 47.3 Å². The van der Waals surface area contributed by atoms with Crippen LogP contribution >= 0.6 is 22.9 Å². The van der Waals surface area contributed by atoms with Gasteiger partial charge in [-0.2, -0.15) is 0 Å². The van der Waals surface area contributed by atoms with Gasteiger partial charge in [0.1, 0.15) is 18.5 Å². The highest BCUT2D eigenvalue weighted by atomic mass is 35.5. The Balaban J connectivity index is 0.806. The summed E-state index contributed by atoms with van der Waals surface area (Å²) in [7, 11) is 0. The summed E-state index contributed by atoms with van der Waals surface area (Å²) in [5, 5.41) is 13.9. The number of hydrogen-bond donors (Lipinski definition) is 4. The van der Waals surface area contributed by atoms with E-state index >= 15 is 0 Å². The smallest absolute Gasteiger partial charge is 0.255 e. The number of carbonyl (C=O) groups excluding carboxylic acids is 5. The van der Waals surface area contributed by atoms with E-state index in [1.807, 2.05) is 23.6 Å². The third kappa shape index (κ3) is 11.3. The second kappa shape index (κ2) is 21.0. The molecule has 2 aromatic heterocycles. The summed E-state index contributed by atoms with van der Waals surface area (Å²) in [4.78, 5) is 74.1. The molecule has 2 aliphatic heterocycles. The lowest BCUT2D eigenvalue weighted by Crippen LogP contribution is -2.52. The Morgan fingerprint density at radius 1 is 0.952 bits per heavy atom. The molecule has 328 valence electrons. The number of ether oxygens (including phenoxy) is 4. The molecule has 16 nitrogen and oxygen atoms in total. The maximum atomic E-state index is 14.6. The van der Waals surface area contributed by atoms with Crippen LogP contribution in [-0.2, 0) is 46.4 Å². The maximum absolute atomic E-state index is 14.6. The number of nitrogens with zero attached hydrogens (tertiary/aromatic N) is 3. The molecule has 62 heavy (non-hydrogen) atoms. The minimum atomic E-state index is -0.779. The summed E-state index contributed by atoms with van der Waals surface area (Å²) in [6.07, 6.45) is 4.26. The molecule has 19 heteroatoms. The van der Waals surface area contributed by atoms with E-state index in [0.29, 0.717) is 59.9 Å². The van der Waals surface area contributed by atoms with Gasteiger partial charge in [0.05, 0.1) is 49.6 Å². The van der Waals surface area contributed by atoms with Crippen LogP contribution in [0.2, 0.25) is 5.02 Å². The van der Waals surface area contributed by atoms with Crippen molar-refractivity contribution in [2.24, 2.45) is 5.41 Å². The summed E-state index contributed by atoms with van der Waals surface area (Å²) < 4.78 is 37.4. The summed E-state index contributed by atoms with van der Waals surface area (Å²) in [6.45, 7) is 1.34. The van der Waals surface area contributed by atoms with E-state index in [-0.39, 0.29) is 100 Å². The number of fused-ring (bicyclic) bond motifs is 1. The SMILES string of the molecule is O=C1CCC(N2Cc3c(NC(=O)COCCOCCOCCNC(=O)[C@]4(Cc5cccc(Nc6nccs6)n5)CC[C@@H](Oc5cccc(Cl)c5F)CC4)cccc3C2=O)C(=O)N1. The van der Waals surface area contributed by atoms with Gasteiger partial charge < -0.3 is 39.8 Å². The van der Waals surface area contributed by atoms with Gasteiger partial charge in [0.15, 0.2) is 16.7 Å². The normalized spacial score (nSPS) is 19.8. The van der Waals surface area contributed by atoms with Gasteiger partial charge in [0.2, 0.25) is 23.6 Å². The van der Waals surface area contributed by atoms with Crippen LogP contribution in [0.1, 0.15) is 60.1 Å². The van der Waals surface area contributed by atoms with Crippen molar-refractivity contribution in [2.45, 2.75) is 63.6 Å². The second-order valence-electron chi connectivity index (χ2n) is 15.1. The van der Waals surface area contributed by atoms with Gasteiger partial charge in [-0.15, -0.1) is 11.3 Å². The van der Waals surface area contributed by atoms with Gasteiger partial charge in [-0.3, -0.25) is 29.3 Å². The van der Waals surface area contributed by atoms with Gasteiger partial charge >= 0.3 is 0 Å².